The molecule has 1 aromatic carbocycles. The van der Waals surface area contributed by atoms with Crippen molar-refractivity contribution in [1.29, 1.82) is 0 Å². The van der Waals surface area contributed by atoms with Gasteiger partial charge in [0.2, 0.25) is 0 Å². The lowest BCUT2D eigenvalue weighted by atomic mass is 10.1. The number of carboxylic acids is 1. The number of carbonyl (C=O) groups excluding carboxylic acids is 1. The van der Waals surface area contributed by atoms with Crippen molar-refractivity contribution in [1.82, 2.24) is 10.9 Å². The second-order valence-electron chi connectivity index (χ2n) is 3.21. The van der Waals surface area contributed by atoms with E-state index in [9.17, 15) is 9.59 Å². The maximum absolute atomic E-state index is 10.8. The molecule has 0 spiro atoms. The van der Waals surface area contributed by atoms with Crippen LogP contribution in [0.4, 0.5) is 5.69 Å². The molecule has 85 valence electrons. The van der Waals surface area contributed by atoms with Crippen LogP contribution in [0.15, 0.2) is 24.3 Å². The molecule has 1 rings (SSSR count). The quantitative estimate of drug-likeness (QED) is 0.293. The van der Waals surface area contributed by atoms with Gasteiger partial charge in [0.1, 0.15) is 6.04 Å². The molecular formula is C10H12N3O3. The molecule has 0 heterocycles. The molecular weight excluding hydrogens is 210 g/mol. The molecule has 0 saturated carbocycles. The van der Waals surface area contributed by atoms with Crippen LogP contribution in [0.2, 0.25) is 0 Å². The highest BCUT2D eigenvalue weighted by Crippen LogP contribution is 2.07. The third-order valence-corrected chi connectivity index (χ3v) is 2.02. The first-order valence-electron chi connectivity index (χ1n) is 4.58. The summed E-state index contributed by atoms with van der Waals surface area (Å²) in [7, 11) is 0. The van der Waals surface area contributed by atoms with Gasteiger partial charge in [-0.25, -0.2) is 5.43 Å². The van der Waals surface area contributed by atoms with Gasteiger partial charge in [-0.15, -0.1) is 0 Å². The van der Waals surface area contributed by atoms with Gasteiger partial charge < -0.3 is 10.8 Å². The van der Waals surface area contributed by atoms with Crippen LogP contribution in [0.5, 0.6) is 0 Å². The van der Waals surface area contributed by atoms with Crippen molar-refractivity contribution in [2.45, 2.75) is 12.5 Å². The van der Waals surface area contributed by atoms with Crippen molar-refractivity contribution in [3.05, 3.63) is 29.8 Å². The van der Waals surface area contributed by atoms with Gasteiger partial charge >= 0.3 is 12.4 Å². The summed E-state index contributed by atoms with van der Waals surface area (Å²) >= 11 is 0. The van der Waals surface area contributed by atoms with E-state index in [0.29, 0.717) is 5.69 Å². The molecule has 1 aromatic rings. The van der Waals surface area contributed by atoms with E-state index in [0.717, 1.165) is 5.56 Å². The van der Waals surface area contributed by atoms with E-state index in [2.05, 4.69) is 5.43 Å². The third-order valence-electron chi connectivity index (χ3n) is 2.02. The first kappa shape index (κ1) is 12.0. The maximum Gasteiger partial charge on any atom is 0.324 e. The fourth-order valence-electron chi connectivity index (χ4n) is 1.21. The maximum atomic E-state index is 10.8. The smallest absolute Gasteiger partial charge is 0.324 e. The summed E-state index contributed by atoms with van der Waals surface area (Å²) in [6.07, 6.45) is 1.59. The monoisotopic (exact) mass is 222 g/mol. The number of rotatable bonds is 6. The Kier molecular flexibility index (Phi) is 4.28. The molecule has 0 saturated heterocycles. The number of hydrogen-bond acceptors (Lipinski definition) is 4. The Morgan fingerprint density at radius 1 is 1.44 bits per heavy atom. The highest BCUT2D eigenvalue weighted by atomic mass is 16.4. The zero-order chi connectivity index (χ0) is 12.0. The fraction of sp³-hybridized carbons (Fsp3) is 0.200. The van der Waals surface area contributed by atoms with E-state index in [1.807, 2.05) is 5.43 Å². The minimum absolute atomic E-state index is 0.240. The molecule has 5 N–H and O–H groups in total. The van der Waals surface area contributed by atoms with Crippen LogP contribution in [0.3, 0.4) is 0 Å². The van der Waals surface area contributed by atoms with E-state index in [4.69, 9.17) is 10.8 Å². The molecule has 0 bridgehead atoms. The van der Waals surface area contributed by atoms with E-state index in [1.54, 1.807) is 24.3 Å². The van der Waals surface area contributed by atoms with Gasteiger partial charge in [0.05, 0.1) is 0 Å². The molecule has 6 heteroatoms. The van der Waals surface area contributed by atoms with E-state index >= 15 is 0 Å². The Hall–Kier alpha value is -2.08. The largest absolute Gasteiger partial charge is 0.480 e. The van der Waals surface area contributed by atoms with Gasteiger partial charge in [-0.1, -0.05) is 12.1 Å². The van der Waals surface area contributed by atoms with Gasteiger partial charge in [-0.3, -0.25) is 15.0 Å². The van der Waals surface area contributed by atoms with Crippen molar-refractivity contribution in [3.8, 4) is 0 Å². The first-order valence-corrected chi connectivity index (χ1v) is 4.58. The van der Waals surface area contributed by atoms with Crippen LogP contribution >= 0.6 is 0 Å². The lowest BCUT2D eigenvalue weighted by molar-refractivity contribution is -0.139. The lowest BCUT2D eigenvalue weighted by Crippen LogP contribution is -2.46. The molecule has 0 unspecified atom stereocenters. The normalized spacial score (nSPS) is 11.8. The summed E-state index contributed by atoms with van der Waals surface area (Å²) in [6.45, 7) is 0. The Morgan fingerprint density at radius 3 is 2.56 bits per heavy atom. The molecule has 1 amide bonds. The molecule has 6 nitrogen and oxygen atoms in total. The summed E-state index contributed by atoms with van der Waals surface area (Å²) in [4.78, 5) is 20.7. The number of aliphatic carboxylic acids is 1. The number of nitrogens with two attached hydrogens (primary N) is 1. The Labute approximate surface area is 92.4 Å². The van der Waals surface area contributed by atoms with Crippen molar-refractivity contribution in [3.63, 3.8) is 0 Å². The predicted molar refractivity (Wildman–Crippen MR) is 57.9 cm³/mol. The number of carbonyl (C=O) groups is 1. The second kappa shape index (κ2) is 5.72. The Morgan fingerprint density at radius 2 is 2.06 bits per heavy atom. The van der Waals surface area contributed by atoms with Gasteiger partial charge in [0.25, 0.3) is 0 Å². The molecule has 16 heavy (non-hydrogen) atoms. The summed E-state index contributed by atoms with van der Waals surface area (Å²) in [5, 5.41) is 8.86. The van der Waals surface area contributed by atoms with Crippen molar-refractivity contribution < 1.29 is 14.7 Å². The highest BCUT2D eigenvalue weighted by molar-refractivity contribution is 5.74. The van der Waals surface area contributed by atoms with Crippen LogP contribution in [0.1, 0.15) is 5.56 Å². The van der Waals surface area contributed by atoms with Crippen LogP contribution < -0.4 is 16.6 Å². The standard InChI is InChI=1S/C10H12N3O3/c11-8-3-1-7(2-4-8)5-9(10(15)16)13-12-6-14/h1-4,9,13H,5,11H2,(H,12,14)(H,15,16)/t9-/m0/s1. The van der Waals surface area contributed by atoms with Gasteiger partial charge in [-0.2, -0.15) is 0 Å². The second-order valence-corrected chi connectivity index (χ2v) is 3.21. The number of benzene rings is 1. The minimum atomic E-state index is -1.06. The first-order chi connectivity index (χ1) is 7.63. The fourth-order valence-corrected chi connectivity index (χ4v) is 1.21. The summed E-state index contributed by atoms with van der Waals surface area (Å²) in [6, 6.07) is 5.95. The summed E-state index contributed by atoms with van der Waals surface area (Å²) in [5.74, 6) is -1.06. The predicted octanol–water partition coefficient (Wildman–Crippen LogP) is -0.574. The third kappa shape index (κ3) is 3.58. The van der Waals surface area contributed by atoms with Gasteiger partial charge in [0, 0.05) is 12.1 Å². The number of hydrazine groups is 1. The molecule has 1 atom stereocenters. The molecule has 0 aromatic heterocycles. The van der Waals surface area contributed by atoms with Crippen molar-refractivity contribution in [2.24, 2.45) is 0 Å². The number of carboxylic acid groups (broad SMARTS) is 1. The van der Waals surface area contributed by atoms with Crippen LogP contribution in [-0.2, 0) is 16.0 Å². The zero-order valence-electron chi connectivity index (χ0n) is 8.43. The van der Waals surface area contributed by atoms with Crippen molar-refractivity contribution in [2.75, 3.05) is 5.73 Å². The number of amides is 1. The number of nitrogen functional groups attached to an aromatic ring is 1. The van der Waals surface area contributed by atoms with Crippen LogP contribution in [0.25, 0.3) is 0 Å². The van der Waals surface area contributed by atoms with Crippen LogP contribution in [-0.4, -0.2) is 23.5 Å². The molecule has 1 radical (unpaired) electrons. The SMILES string of the molecule is Nc1ccc(C[C@H](NN[C]=O)C(=O)O)cc1. The summed E-state index contributed by atoms with van der Waals surface area (Å²) < 4.78 is 0. The van der Waals surface area contributed by atoms with Crippen molar-refractivity contribution >= 4 is 18.1 Å². The molecule has 0 aliphatic carbocycles. The molecule has 0 aliphatic rings. The summed E-state index contributed by atoms with van der Waals surface area (Å²) in [5.41, 5.74) is 11.3. The van der Waals surface area contributed by atoms with Crippen LogP contribution in [0, 0.1) is 0 Å². The Bertz CT molecular complexity index is 364. The lowest BCUT2D eigenvalue weighted by Gasteiger charge is -2.12. The zero-order valence-corrected chi connectivity index (χ0v) is 8.43. The minimum Gasteiger partial charge on any atom is -0.480 e. The van der Waals surface area contributed by atoms with E-state index in [-0.39, 0.29) is 6.42 Å². The topological polar surface area (TPSA) is 104 Å². The van der Waals surface area contributed by atoms with Gasteiger partial charge in [-0.05, 0) is 17.7 Å². The Balaban J connectivity index is 2.63. The number of nitrogens with one attached hydrogen (secondary N) is 2. The average Bonchev–Trinajstić information content (AvgIpc) is 2.26. The van der Waals surface area contributed by atoms with E-state index in [1.165, 1.54) is 6.41 Å². The number of hydrogen-bond donors (Lipinski definition) is 4. The molecule has 0 aliphatic heterocycles. The average molecular weight is 222 g/mol. The molecule has 0 fully saturated rings. The number of anilines is 1. The highest BCUT2D eigenvalue weighted by Gasteiger charge is 2.16. The van der Waals surface area contributed by atoms with Gasteiger partial charge in [0.15, 0.2) is 0 Å². The van der Waals surface area contributed by atoms with E-state index < -0.39 is 12.0 Å².